The van der Waals surface area contributed by atoms with Gasteiger partial charge in [-0.2, -0.15) is 0 Å². The summed E-state index contributed by atoms with van der Waals surface area (Å²) in [6.45, 7) is 4.14. The van der Waals surface area contributed by atoms with E-state index in [9.17, 15) is 9.90 Å². The molecular formula is C13H20N2O2S. The van der Waals surface area contributed by atoms with Gasteiger partial charge in [-0.15, -0.1) is 11.3 Å². The van der Waals surface area contributed by atoms with Crippen molar-refractivity contribution in [1.29, 1.82) is 0 Å². The van der Waals surface area contributed by atoms with Crippen LogP contribution in [0.3, 0.4) is 0 Å². The average Bonchev–Trinajstić information content (AvgIpc) is 2.84. The summed E-state index contributed by atoms with van der Waals surface area (Å²) in [6.07, 6.45) is 4.76. The van der Waals surface area contributed by atoms with Crippen molar-refractivity contribution in [1.82, 2.24) is 4.98 Å². The molecule has 0 spiro atoms. The van der Waals surface area contributed by atoms with Crippen molar-refractivity contribution in [2.24, 2.45) is 11.7 Å². The van der Waals surface area contributed by atoms with Crippen LogP contribution >= 0.6 is 11.3 Å². The van der Waals surface area contributed by atoms with E-state index in [-0.39, 0.29) is 5.54 Å². The van der Waals surface area contributed by atoms with Crippen LogP contribution in [0, 0.1) is 5.92 Å². The lowest BCUT2D eigenvalue weighted by Gasteiger charge is -2.19. The summed E-state index contributed by atoms with van der Waals surface area (Å²) in [5.41, 5.74) is 6.67. The molecule has 0 aromatic carbocycles. The molecule has 0 unspecified atom stereocenters. The van der Waals surface area contributed by atoms with Crippen molar-refractivity contribution in [2.75, 3.05) is 0 Å². The summed E-state index contributed by atoms with van der Waals surface area (Å²) in [5.74, 6) is -0.480. The Morgan fingerprint density at radius 3 is 2.61 bits per heavy atom. The van der Waals surface area contributed by atoms with Crippen molar-refractivity contribution in [3.63, 3.8) is 0 Å². The molecule has 0 bridgehead atoms. The number of carboxylic acid groups (broad SMARTS) is 1. The van der Waals surface area contributed by atoms with Crippen molar-refractivity contribution in [3.8, 4) is 0 Å². The maximum Gasteiger partial charge on any atom is 0.347 e. The highest BCUT2D eigenvalue weighted by atomic mass is 32.1. The Labute approximate surface area is 111 Å². The minimum atomic E-state index is -0.879. The van der Waals surface area contributed by atoms with E-state index in [1.807, 2.05) is 0 Å². The molecule has 1 aromatic heterocycles. The van der Waals surface area contributed by atoms with Crippen LogP contribution in [0.2, 0.25) is 0 Å². The normalized spacial score (nSPS) is 18.4. The first-order valence-corrected chi connectivity index (χ1v) is 7.26. The predicted molar refractivity (Wildman–Crippen MR) is 71.9 cm³/mol. The summed E-state index contributed by atoms with van der Waals surface area (Å²) in [7, 11) is 0. The SMILES string of the molecule is CC(C)Cc1nc(C2(N)CCCC2)sc1C(=O)O. The lowest BCUT2D eigenvalue weighted by atomic mass is 10.0. The number of rotatable bonds is 4. The second-order valence-electron chi connectivity index (χ2n) is 5.56. The number of carbonyl (C=O) groups is 1. The molecule has 1 aliphatic carbocycles. The van der Waals surface area contributed by atoms with Gasteiger partial charge in [0, 0.05) is 0 Å². The molecule has 1 fully saturated rings. The third kappa shape index (κ3) is 2.57. The van der Waals surface area contributed by atoms with Crippen molar-refractivity contribution >= 4 is 17.3 Å². The Bertz CT molecular complexity index is 448. The van der Waals surface area contributed by atoms with Crippen molar-refractivity contribution in [2.45, 2.75) is 51.5 Å². The molecule has 5 heteroatoms. The van der Waals surface area contributed by atoms with Gasteiger partial charge in [0.05, 0.1) is 11.2 Å². The molecule has 1 aromatic rings. The zero-order valence-corrected chi connectivity index (χ0v) is 11.7. The highest BCUT2D eigenvalue weighted by Crippen LogP contribution is 2.39. The third-order valence-corrected chi connectivity index (χ3v) is 4.72. The first-order valence-electron chi connectivity index (χ1n) is 6.45. The summed E-state index contributed by atoms with van der Waals surface area (Å²) in [6, 6.07) is 0. The topological polar surface area (TPSA) is 76.2 Å². The van der Waals surface area contributed by atoms with E-state index in [0.29, 0.717) is 22.9 Å². The number of nitrogens with two attached hydrogens (primary N) is 1. The second kappa shape index (κ2) is 4.97. The van der Waals surface area contributed by atoms with E-state index in [2.05, 4.69) is 18.8 Å². The summed E-state index contributed by atoms with van der Waals surface area (Å²) in [4.78, 5) is 16.2. The fourth-order valence-corrected chi connectivity index (χ4v) is 3.57. The minimum Gasteiger partial charge on any atom is -0.477 e. The fraction of sp³-hybridized carbons (Fsp3) is 0.692. The Balaban J connectivity index is 2.35. The molecule has 2 rings (SSSR count). The smallest absolute Gasteiger partial charge is 0.347 e. The molecule has 18 heavy (non-hydrogen) atoms. The molecule has 1 aliphatic rings. The Morgan fingerprint density at radius 2 is 2.11 bits per heavy atom. The molecule has 0 amide bonds. The van der Waals surface area contributed by atoms with Crippen LogP contribution in [0.1, 0.15) is 59.9 Å². The van der Waals surface area contributed by atoms with E-state index in [1.165, 1.54) is 11.3 Å². The number of carboxylic acids is 1. The second-order valence-corrected chi connectivity index (χ2v) is 6.56. The van der Waals surface area contributed by atoms with Crippen LogP contribution in [0.15, 0.2) is 0 Å². The van der Waals surface area contributed by atoms with Crippen LogP contribution in [-0.4, -0.2) is 16.1 Å². The van der Waals surface area contributed by atoms with Gasteiger partial charge in [-0.1, -0.05) is 26.7 Å². The quantitative estimate of drug-likeness (QED) is 0.880. The van der Waals surface area contributed by atoms with E-state index in [0.717, 1.165) is 30.7 Å². The van der Waals surface area contributed by atoms with Gasteiger partial charge >= 0.3 is 5.97 Å². The molecule has 0 aliphatic heterocycles. The molecule has 3 N–H and O–H groups in total. The van der Waals surface area contributed by atoms with Gasteiger partial charge in [-0.25, -0.2) is 9.78 Å². The maximum absolute atomic E-state index is 11.3. The lowest BCUT2D eigenvalue weighted by molar-refractivity contribution is 0.0700. The highest BCUT2D eigenvalue weighted by molar-refractivity contribution is 7.13. The van der Waals surface area contributed by atoms with Crippen LogP contribution < -0.4 is 5.73 Å². The van der Waals surface area contributed by atoms with Crippen molar-refractivity contribution in [3.05, 3.63) is 15.6 Å². The summed E-state index contributed by atoms with van der Waals surface area (Å²) >= 11 is 1.27. The molecule has 0 atom stereocenters. The predicted octanol–water partition coefficient (Wildman–Crippen LogP) is 2.77. The molecule has 4 nitrogen and oxygen atoms in total. The molecule has 0 radical (unpaired) electrons. The molecular weight excluding hydrogens is 248 g/mol. The van der Waals surface area contributed by atoms with Crippen LogP contribution in [0.5, 0.6) is 0 Å². The first-order chi connectivity index (χ1) is 8.42. The molecule has 1 saturated carbocycles. The Kier molecular flexibility index (Phi) is 3.73. The molecule has 100 valence electrons. The summed E-state index contributed by atoms with van der Waals surface area (Å²) < 4.78 is 0. The number of aromatic carboxylic acids is 1. The van der Waals surface area contributed by atoms with Crippen LogP contribution in [0.4, 0.5) is 0 Å². The Hall–Kier alpha value is -0.940. The average molecular weight is 268 g/mol. The van der Waals surface area contributed by atoms with E-state index in [4.69, 9.17) is 5.73 Å². The number of aromatic nitrogens is 1. The first kappa shape index (κ1) is 13.5. The van der Waals surface area contributed by atoms with Gasteiger partial charge in [-0.05, 0) is 25.2 Å². The largest absolute Gasteiger partial charge is 0.477 e. The molecule has 1 heterocycles. The standard InChI is InChI=1S/C13H20N2O2S/c1-8(2)7-9-10(11(16)17)18-12(15-9)13(14)5-3-4-6-13/h8H,3-7,14H2,1-2H3,(H,16,17). The summed E-state index contributed by atoms with van der Waals surface area (Å²) in [5, 5.41) is 10.1. The maximum atomic E-state index is 11.3. The van der Waals surface area contributed by atoms with Crippen LogP contribution in [0.25, 0.3) is 0 Å². The van der Waals surface area contributed by atoms with Crippen LogP contribution in [-0.2, 0) is 12.0 Å². The third-order valence-electron chi connectivity index (χ3n) is 3.41. The van der Waals surface area contributed by atoms with E-state index >= 15 is 0 Å². The van der Waals surface area contributed by atoms with Crippen molar-refractivity contribution < 1.29 is 9.90 Å². The zero-order valence-electron chi connectivity index (χ0n) is 10.9. The number of thiazole rings is 1. The zero-order chi connectivity index (χ0) is 13.3. The Morgan fingerprint density at radius 1 is 1.50 bits per heavy atom. The highest BCUT2D eigenvalue weighted by Gasteiger charge is 2.35. The lowest BCUT2D eigenvalue weighted by Crippen LogP contribution is -2.32. The van der Waals surface area contributed by atoms with Gasteiger partial charge in [0.15, 0.2) is 0 Å². The van der Waals surface area contributed by atoms with E-state index < -0.39 is 5.97 Å². The minimum absolute atomic E-state index is 0.371. The molecule has 0 saturated heterocycles. The van der Waals surface area contributed by atoms with Gasteiger partial charge < -0.3 is 10.8 Å². The van der Waals surface area contributed by atoms with Gasteiger partial charge in [0.25, 0.3) is 0 Å². The number of hydrogen-bond acceptors (Lipinski definition) is 4. The number of nitrogens with zero attached hydrogens (tertiary/aromatic N) is 1. The monoisotopic (exact) mass is 268 g/mol. The van der Waals surface area contributed by atoms with Gasteiger partial charge in [0.1, 0.15) is 9.88 Å². The van der Waals surface area contributed by atoms with Gasteiger partial charge in [0.2, 0.25) is 0 Å². The number of hydrogen-bond donors (Lipinski definition) is 2. The van der Waals surface area contributed by atoms with E-state index in [1.54, 1.807) is 0 Å². The fourth-order valence-electron chi connectivity index (χ4n) is 2.48. The van der Waals surface area contributed by atoms with Gasteiger partial charge in [-0.3, -0.25) is 0 Å².